The second-order valence-electron chi connectivity index (χ2n) is 4.41. The summed E-state index contributed by atoms with van der Waals surface area (Å²) in [5.74, 6) is 1.22. The fourth-order valence-electron chi connectivity index (χ4n) is 2.16. The third-order valence-electron chi connectivity index (χ3n) is 3.20. The van der Waals surface area contributed by atoms with Gasteiger partial charge in [0.15, 0.2) is 6.29 Å². The van der Waals surface area contributed by atoms with Crippen molar-refractivity contribution in [3.63, 3.8) is 0 Å². The van der Waals surface area contributed by atoms with Crippen LogP contribution in [0.1, 0.15) is 18.4 Å². The molecule has 1 aliphatic heterocycles. The van der Waals surface area contributed by atoms with Crippen LogP contribution in [-0.2, 0) is 9.47 Å². The Morgan fingerprint density at radius 1 is 1.22 bits per heavy atom. The number of rotatable bonds is 4. The zero-order chi connectivity index (χ0) is 12.8. The minimum absolute atomic E-state index is 0.103. The highest BCUT2D eigenvalue weighted by Crippen LogP contribution is 2.23. The zero-order valence-electron chi connectivity index (χ0n) is 11.0. The Bertz CT molecular complexity index is 383. The van der Waals surface area contributed by atoms with Gasteiger partial charge in [-0.25, -0.2) is 0 Å². The molecule has 1 aromatic rings. The summed E-state index contributed by atoms with van der Waals surface area (Å²) >= 11 is 0. The molecule has 0 aromatic heterocycles. The Hall–Kier alpha value is -1.32. The highest BCUT2D eigenvalue weighted by atomic mass is 16.7. The summed E-state index contributed by atoms with van der Waals surface area (Å²) in [6.45, 7) is 0.797. The summed E-state index contributed by atoms with van der Waals surface area (Å²) in [5, 5.41) is 0. The monoisotopic (exact) mass is 248 g/mol. The van der Waals surface area contributed by atoms with Crippen LogP contribution >= 0.6 is 0 Å². The van der Waals surface area contributed by atoms with Crippen LogP contribution in [0.15, 0.2) is 30.3 Å². The Morgan fingerprint density at radius 2 is 2.00 bits per heavy atom. The van der Waals surface area contributed by atoms with E-state index in [0.29, 0.717) is 5.92 Å². The maximum Gasteiger partial charge on any atom is 0.163 e. The van der Waals surface area contributed by atoms with Crippen molar-refractivity contribution in [2.75, 3.05) is 20.8 Å². The molecule has 1 fully saturated rings. The number of hydrogen-bond acceptors (Lipinski definition) is 3. The van der Waals surface area contributed by atoms with Crippen molar-refractivity contribution in [1.82, 2.24) is 0 Å². The fraction of sp³-hybridized carbons (Fsp3) is 0.467. The molecule has 2 atom stereocenters. The zero-order valence-corrected chi connectivity index (χ0v) is 11.0. The largest absolute Gasteiger partial charge is 0.497 e. The number of benzene rings is 1. The molecule has 1 saturated heterocycles. The van der Waals surface area contributed by atoms with Gasteiger partial charge in [0.1, 0.15) is 5.75 Å². The first-order valence-electron chi connectivity index (χ1n) is 6.30. The molecular weight excluding hydrogens is 228 g/mol. The molecule has 2 rings (SSSR count). The van der Waals surface area contributed by atoms with Crippen LogP contribution in [0.25, 0.3) is 6.08 Å². The average Bonchev–Trinajstić information content (AvgIpc) is 2.46. The predicted octanol–water partition coefficient (Wildman–Crippen LogP) is 3.11. The SMILES string of the molecule is COc1ccc(/C=C/[C@@H]2CCCO[C@@H]2OC)cc1. The molecule has 0 aliphatic carbocycles. The highest BCUT2D eigenvalue weighted by Gasteiger charge is 2.22. The average molecular weight is 248 g/mol. The van der Waals surface area contributed by atoms with Crippen LogP contribution in [0.2, 0.25) is 0 Å². The number of ether oxygens (including phenoxy) is 3. The van der Waals surface area contributed by atoms with Crippen molar-refractivity contribution in [3.8, 4) is 5.75 Å². The van der Waals surface area contributed by atoms with Gasteiger partial charge >= 0.3 is 0 Å². The van der Waals surface area contributed by atoms with E-state index in [1.54, 1.807) is 14.2 Å². The molecular formula is C15H20O3. The number of methoxy groups -OCH3 is 2. The van der Waals surface area contributed by atoms with E-state index >= 15 is 0 Å². The Labute approximate surface area is 108 Å². The van der Waals surface area contributed by atoms with Gasteiger partial charge in [-0.3, -0.25) is 0 Å². The maximum absolute atomic E-state index is 5.57. The molecule has 3 heteroatoms. The minimum Gasteiger partial charge on any atom is -0.497 e. The van der Waals surface area contributed by atoms with Gasteiger partial charge in [0.25, 0.3) is 0 Å². The molecule has 18 heavy (non-hydrogen) atoms. The molecule has 0 unspecified atom stereocenters. The van der Waals surface area contributed by atoms with Crippen molar-refractivity contribution in [1.29, 1.82) is 0 Å². The quantitative estimate of drug-likeness (QED) is 0.819. The molecule has 0 N–H and O–H groups in total. The van der Waals surface area contributed by atoms with E-state index in [-0.39, 0.29) is 6.29 Å². The maximum atomic E-state index is 5.57. The molecule has 0 radical (unpaired) electrons. The summed E-state index contributed by atoms with van der Waals surface area (Å²) in [6, 6.07) is 8.01. The molecule has 98 valence electrons. The third-order valence-corrected chi connectivity index (χ3v) is 3.20. The Morgan fingerprint density at radius 3 is 2.67 bits per heavy atom. The highest BCUT2D eigenvalue weighted by molar-refractivity contribution is 5.50. The lowest BCUT2D eigenvalue weighted by Gasteiger charge is -2.28. The topological polar surface area (TPSA) is 27.7 Å². The van der Waals surface area contributed by atoms with Gasteiger partial charge in [-0.2, -0.15) is 0 Å². The van der Waals surface area contributed by atoms with E-state index in [1.807, 2.05) is 24.3 Å². The van der Waals surface area contributed by atoms with E-state index < -0.39 is 0 Å². The fourth-order valence-corrected chi connectivity index (χ4v) is 2.16. The molecule has 0 bridgehead atoms. The van der Waals surface area contributed by atoms with Gasteiger partial charge in [-0.15, -0.1) is 0 Å². The summed E-state index contributed by atoms with van der Waals surface area (Å²) < 4.78 is 16.0. The van der Waals surface area contributed by atoms with E-state index in [4.69, 9.17) is 14.2 Å². The van der Waals surface area contributed by atoms with Gasteiger partial charge < -0.3 is 14.2 Å². The second kappa shape index (κ2) is 6.57. The van der Waals surface area contributed by atoms with E-state index in [1.165, 1.54) is 0 Å². The molecule has 1 aromatic carbocycles. The van der Waals surface area contributed by atoms with Crippen LogP contribution in [0, 0.1) is 5.92 Å². The van der Waals surface area contributed by atoms with E-state index in [0.717, 1.165) is 30.8 Å². The van der Waals surface area contributed by atoms with Gasteiger partial charge in [0.05, 0.1) is 7.11 Å². The first kappa shape index (κ1) is 13.1. The van der Waals surface area contributed by atoms with Crippen LogP contribution in [0.5, 0.6) is 5.75 Å². The van der Waals surface area contributed by atoms with Crippen LogP contribution in [0.4, 0.5) is 0 Å². The lowest BCUT2D eigenvalue weighted by atomic mass is 9.99. The summed E-state index contributed by atoms with van der Waals surface area (Å²) in [5.41, 5.74) is 1.16. The van der Waals surface area contributed by atoms with Crippen molar-refractivity contribution >= 4 is 6.08 Å². The van der Waals surface area contributed by atoms with Crippen molar-refractivity contribution in [3.05, 3.63) is 35.9 Å². The number of hydrogen-bond donors (Lipinski definition) is 0. The summed E-state index contributed by atoms with van der Waals surface area (Å²) in [7, 11) is 3.37. The lowest BCUT2D eigenvalue weighted by Crippen LogP contribution is -2.29. The standard InChI is InChI=1S/C15H20O3/c1-16-14-9-6-12(7-10-14)5-8-13-4-3-11-18-15(13)17-2/h5-10,13,15H,3-4,11H2,1-2H3/b8-5+/t13-,15-/m0/s1. The van der Waals surface area contributed by atoms with Crippen molar-refractivity contribution < 1.29 is 14.2 Å². The molecule has 1 heterocycles. The molecule has 1 aliphatic rings. The van der Waals surface area contributed by atoms with Crippen LogP contribution in [0.3, 0.4) is 0 Å². The van der Waals surface area contributed by atoms with Crippen LogP contribution < -0.4 is 4.74 Å². The predicted molar refractivity (Wildman–Crippen MR) is 71.5 cm³/mol. The lowest BCUT2D eigenvalue weighted by molar-refractivity contribution is -0.166. The van der Waals surface area contributed by atoms with Gasteiger partial charge in [0, 0.05) is 19.6 Å². The summed E-state index contributed by atoms with van der Waals surface area (Å²) in [4.78, 5) is 0. The third kappa shape index (κ3) is 3.34. The summed E-state index contributed by atoms with van der Waals surface area (Å²) in [6.07, 6.45) is 6.40. The Balaban J connectivity index is 1.99. The van der Waals surface area contributed by atoms with E-state index in [2.05, 4.69) is 12.2 Å². The van der Waals surface area contributed by atoms with E-state index in [9.17, 15) is 0 Å². The van der Waals surface area contributed by atoms with Gasteiger partial charge in [-0.05, 0) is 30.5 Å². The molecule has 0 spiro atoms. The van der Waals surface area contributed by atoms with Crippen molar-refractivity contribution in [2.24, 2.45) is 5.92 Å². The van der Waals surface area contributed by atoms with Crippen LogP contribution in [-0.4, -0.2) is 27.1 Å². The normalized spacial score (nSPS) is 24.3. The molecule has 0 saturated carbocycles. The van der Waals surface area contributed by atoms with Gasteiger partial charge in [0.2, 0.25) is 0 Å². The molecule has 0 amide bonds. The smallest absolute Gasteiger partial charge is 0.163 e. The second-order valence-corrected chi connectivity index (χ2v) is 4.41. The Kier molecular flexibility index (Phi) is 4.79. The van der Waals surface area contributed by atoms with Crippen molar-refractivity contribution in [2.45, 2.75) is 19.1 Å². The minimum atomic E-state index is -0.103. The first-order valence-corrected chi connectivity index (χ1v) is 6.30. The molecule has 3 nitrogen and oxygen atoms in total. The van der Waals surface area contributed by atoms with Gasteiger partial charge in [-0.1, -0.05) is 24.3 Å². The first-order chi connectivity index (χ1) is 8.83.